The summed E-state index contributed by atoms with van der Waals surface area (Å²) in [6.45, 7) is 2.26. The fourth-order valence-electron chi connectivity index (χ4n) is 3.24. The maximum Gasteiger partial charge on any atom is 0.336 e. The van der Waals surface area contributed by atoms with E-state index in [4.69, 9.17) is 0 Å². The predicted molar refractivity (Wildman–Crippen MR) is 105 cm³/mol. The molecule has 0 aromatic heterocycles. The van der Waals surface area contributed by atoms with Crippen molar-refractivity contribution < 1.29 is 9.90 Å². The average Bonchev–Trinajstić information content (AvgIpc) is 2.64. The van der Waals surface area contributed by atoms with Crippen molar-refractivity contribution >= 4 is 5.97 Å². The third-order valence-corrected chi connectivity index (χ3v) is 4.74. The van der Waals surface area contributed by atoms with Crippen LogP contribution in [0.5, 0.6) is 0 Å². The van der Waals surface area contributed by atoms with Gasteiger partial charge in [-0.05, 0) is 35.6 Å². The van der Waals surface area contributed by atoms with Crippen molar-refractivity contribution in [1.82, 2.24) is 0 Å². The van der Waals surface area contributed by atoms with Gasteiger partial charge in [0.25, 0.3) is 0 Å². The molecule has 2 aromatic carbocycles. The van der Waals surface area contributed by atoms with Crippen molar-refractivity contribution in [2.75, 3.05) is 0 Å². The predicted octanol–water partition coefficient (Wildman–Crippen LogP) is 6.74. The number of unbranched alkanes of at least 4 members (excludes halogenated alkanes) is 7. The van der Waals surface area contributed by atoms with Crippen LogP contribution in [0.15, 0.2) is 48.5 Å². The van der Waals surface area contributed by atoms with E-state index in [9.17, 15) is 9.90 Å². The maximum absolute atomic E-state index is 11.3. The van der Waals surface area contributed by atoms with Crippen LogP contribution in [-0.2, 0) is 6.42 Å². The van der Waals surface area contributed by atoms with E-state index in [0.717, 1.165) is 17.5 Å². The van der Waals surface area contributed by atoms with E-state index in [2.05, 4.69) is 19.1 Å². The molecule has 2 aromatic rings. The lowest BCUT2D eigenvalue weighted by molar-refractivity contribution is 0.0697. The maximum atomic E-state index is 11.3. The van der Waals surface area contributed by atoms with Gasteiger partial charge in [-0.15, -0.1) is 0 Å². The molecule has 0 aliphatic heterocycles. The highest BCUT2D eigenvalue weighted by Gasteiger charge is 2.10. The first kappa shape index (κ1) is 19.2. The smallest absolute Gasteiger partial charge is 0.336 e. The third-order valence-electron chi connectivity index (χ3n) is 4.74. The second-order valence-corrected chi connectivity index (χ2v) is 6.77. The first-order valence-electron chi connectivity index (χ1n) is 9.64. The van der Waals surface area contributed by atoms with Gasteiger partial charge in [-0.1, -0.05) is 94.3 Å². The summed E-state index contributed by atoms with van der Waals surface area (Å²) in [6.07, 6.45) is 11.8. The molecule has 0 atom stereocenters. The summed E-state index contributed by atoms with van der Waals surface area (Å²) in [5.41, 5.74) is 3.45. The Kier molecular flexibility index (Phi) is 8.24. The normalized spacial score (nSPS) is 10.8. The SMILES string of the molecule is CCCCCCCCCCc1ccc(-c2ccccc2C(=O)O)cc1. The summed E-state index contributed by atoms with van der Waals surface area (Å²) >= 11 is 0. The Balaban J connectivity index is 1.80. The molecule has 134 valence electrons. The van der Waals surface area contributed by atoms with E-state index >= 15 is 0 Å². The molecular weight excluding hydrogens is 308 g/mol. The molecule has 2 heteroatoms. The van der Waals surface area contributed by atoms with Crippen LogP contribution in [-0.4, -0.2) is 11.1 Å². The highest BCUT2D eigenvalue weighted by atomic mass is 16.4. The molecule has 0 radical (unpaired) electrons. The molecule has 1 N–H and O–H groups in total. The van der Waals surface area contributed by atoms with Crippen molar-refractivity contribution in [3.63, 3.8) is 0 Å². The Morgan fingerprint density at radius 2 is 1.40 bits per heavy atom. The second kappa shape index (κ2) is 10.7. The number of rotatable bonds is 11. The Bertz CT molecular complexity index is 643. The zero-order chi connectivity index (χ0) is 17.9. The molecule has 0 heterocycles. The summed E-state index contributed by atoms with van der Waals surface area (Å²) in [5, 5.41) is 9.32. The number of aromatic carboxylic acids is 1. The number of carbonyl (C=O) groups is 1. The van der Waals surface area contributed by atoms with Crippen LogP contribution in [0, 0.1) is 0 Å². The number of aryl methyl sites for hydroxylation is 1. The first-order valence-corrected chi connectivity index (χ1v) is 9.64. The molecule has 0 amide bonds. The molecule has 2 rings (SSSR count). The van der Waals surface area contributed by atoms with Crippen molar-refractivity contribution in [3.8, 4) is 11.1 Å². The van der Waals surface area contributed by atoms with Gasteiger partial charge < -0.3 is 5.11 Å². The Morgan fingerprint density at radius 1 is 0.800 bits per heavy atom. The van der Waals surface area contributed by atoms with Crippen LogP contribution in [0.4, 0.5) is 0 Å². The topological polar surface area (TPSA) is 37.3 Å². The summed E-state index contributed by atoms with van der Waals surface area (Å²) < 4.78 is 0. The lowest BCUT2D eigenvalue weighted by Gasteiger charge is -2.08. The molecule has 0 fully saturated rings. The van der Waals surface area contributed by atoms with Gasteiger partial charge in [0.05, 0.1) is 5.56 Å². The van der Waals surface area contributed by atoms with Crippen molar-refractivity contribution in [2.24, 2.45) is 0 Å². The molecule has 0 aliphatic carbocycles. The summed E-state index contributed by atoms with van der Waals surface area (Å²) in [5.74, 6) is -0.876. The van der Waals surface area contributed by atoms with Crippen LogP contribution in [0.2, 0.25) is 0 Å². The number of carboxylic acid groups (broad SMARTS) is 1. The van der Waals surface area contributed by atoms with Crippen LogP contribution in [0.25, 0.3) is 11.1 Å². The van der Waals surface area contributed by atoms with Gasteiger partial charge in [0.2, 0.25) is 0 Å². The van der Waals surface area contributed by atoms with Crippen LogP contribution < -0.4 is 0 Å². The monoisotopic (exact) mass is 338 g/mol. The minimum Gasteiger partial charge on any atom is -0.478 e. The van der Waals surface area contributed by atoms with E-state index in [-0.39, 0.29) is 0 Å². The van der Waals surface area contributed by atoms with E-state index < -0.39 is 5.97 Å². The summed E-state index contributed by atoms with van der Waals surface area (Å²) in [7, 11) is 0. The average molecular weight is 338 g/mol. The van der Waals surface area contributed by atoms with Crippen LogP contribution in [0.1, 0.15) is 74.2 Å². The fraction of sp³-hybridized carbons (Fsp3) is 0.435. The van der Waals surface area contributed by atoms with Gasteiger partial charge in [-0.2, -0.15) is 0 Å². The first-order chi connectivity index (χ1) is 12.2. The van der Waals surface area contributed by atoms with E-state index in [1.54, 1.807) is 12.1 Å². The molecule has 2 nitrogen and oxygen atoms in total. The minimum absolute atomic E-state index is 0.360. The van der Waals surface area contributed by atoms with Crippen molar-refractivity contribution in [1.29, 1.82) is 0 Å². The van der Waals surface area contributed by atoms with Crippen LogP contribution in [0.3, 0.4) is 0 Å². The summed E-state index contributed by atoms with van der Waals surface area (Å²) in [6, 6.07) is 15.5. The summed E-state index contributed by atoms with van der Waals surface area (Å²) in [4.78, 5) is 11.3. The quantitative estimate of drug-likeness (QED) is 0.461. The van der Waals surface area contributed by atoms with Crippen molar-refractivity contribution in [3.05, 3.63) is 59.7 Å². The molecule has 0 bridgehead atoms. The van der Waals surface area contributed by atoms with Gasteiger partial charge in [0.1, 0.15) is 0 Å². The fourth-order valence-corrected chi connectivity index (χ4v) is 3.24. The van der Waals surface area contributed by atoms with Gasteiger partial charge >= 0.3 is 5.97 Å². The highest BCUT2D eigenvalue weighted by Crippen LogP contribution is 2.24. The molecule has 0 spiro atoms. The molecular formula is C23H30O2. The molecule has 25 heavy (non-hydrogen) atoms. The number of carboxylic acids is 1. The van der Waals surface area contributed by atoms with Gasteiger partial charge in [0.15, 0.2) is 0 Å². The zero-order valence-electron chi connectivity index (χ0n) is 15.3. The standard InChI is InChI=1S/C23H30O2/c1-2-3-4-5-6-7-8-9-12-19-15-17-20(18-16-19)21-13-10-11-14-22(21)23(24)25/h10-11,13-18H,2-9,12H2,1H3,(H,24,25). The highest BCUT2D eigenvalue weighted by molar-refractivity contribution is 5.95. The zero-order valence-corrected chi connectivity index (χ0v) is 15.3. The Morgan fingerprint density at radius 3 is 2.04 bits per heavy atom. The van der Waals surface area contributed by atoms with Gasteiger partial charge in [0, 0.05) is 0 Å². The third kappa shape index (κ3) is 6.38. The lowest BCUT2D eigenvalue weighted by Crippen LogP contribution is -1.99. The van der Waals surface area contributed by atoms with E-state index in [1.807, 2.05) is 24.3 Å². The van der Waals surface area contributed by atoms with Gasteiger partial charge in [-0.3, -0.25) is 0 Å². The minimum atomic E-state index is -0.876. The number of hydrogen-bond acceptors (Lipinski definition) is 1. The lowest BCUT2D eigenvalue weighted by atomic mass is 9.97. The molecule has 0 saturated carbocycles. The second-order valence-electron chi connectivity index (χ2n) is 6.77. The number of hydrogen-bond donors (Lipinski definition) is 1. The van der Waals surface area contributed by atoms with Crippen LogP contribution >= 0.6 is 0 Å². The molecule has 0 aliphatic rings. The number of benzene rings is 2. The Labute approximate surface area is 151 Å². The molecule has 0 saturated heterocycles. The largest absolute Gasteiger partial charge is 0.478 e. The van der Waals surface area contributed by atoms with E-state index in [1.165, 1.54) is 56.9 Å². The van der Waals surface area contributed by atoms with E-state index in [0.29, 0.717) is 5.56 Å². The van der Waals surface area contributed by atoms with Crippen molar-refractivity contribution in [2.45, 2.75) is 64.7 Å². The molecule has 0 unspecified atom stereocenters. The van der Waals surface area contributed by atoms with Gasteiger partial charge in [-0.25, -0.2) is 4.79 Å². The Hall–Kier alpha value is -2.09.